The Morgan fingerprint density at radius 1 is 1.17 bits per heavy atom. The van der Waals surface area contributed by atoms with Gasteiger partial charge in [0.15, 0.2) is 5.96 Å². The van der Waals surface area contributed by atoms with E-state index in [0.29, 0.717) is 25.8 Å². The van der Waals surface area contributed by atoms with Gasteiger partial charge in [-0.15, -0.1) is 24.0 Å². The molecule has 2 rings (SSSR count). The van der Waals surface area contributed by atoms with Gasteiger partial charge in [0, 0.05) is 12.6 Å². The van der Waals surface area contributed by atoms with Crippen LogP contribution in [0.15, 0.2) is 35.3 Å². The SMILES string of the molecule is CCNC(=NCCOCc1ccccc1)NC1CCCCC1.I. The highest BCUT2D eigenvalue weighted by Gasteiger charge is 2.14. The van der Waals surface area contributed by atoms with Crippen molar-refractivity contribution < 1.29 is 4.74 Å². The molecule has 0 bridgehead atoms. The highest BCUT2D eigenvalue weighted by molar-refractivity contribution is 14.0. The van der Waals surface area contributed by atoms with E-state index >= 15 is 0 Å². The fourth-order valence-corrected chi connectivity index (χ4v) is 2.75. The molecule has 0 saturated heterocycles. The van der Waals surface area contributed by atoms with Crippen LogP contribution in [-0.2, 0) is 11.3 Å². The van der Waals surface area contributed by atoms with Crippen LogP contribution in [0.25, 0.3) is 0 Å². The maximum absolute atomic E-state index is 5.68. The molecule has 0 aromatic heterocycles. The molecule has 1 fully saturated rings. The fourth-order valence-electron chi connectivity index (χ4n) is 2.75. The van der Waals surface area contributed by atoms with E-state index in [9.17, 15) is 0 Å². The molecular formula is C18H30IN3O. The summed E-state index contributed by atoms with van der Waals surface area (Å²) < 4.78 is 5.68. The molecule has 2 N–H and O–H groups in total. The minimum atomic E-state index is 0. The van der Waals surface area contributed by atoms with Crippen molar-refractivity contribution in [3.05, 3.63) is 35.9 Å². The van der Waals surface area contributed by atoms with Gasteiger partial charge in [-0.2, -0.15) is 0 Å². The molecule has 1 aliphatic rings. The lowest BCUT2D eigenvalue weighted by molar-refractivity contribution is 0.128. The molecule has 1 saturated carbocycles. The molecule has 4 nitrogen and oxygen atoms in total. The summed E-state index contributed by atoms with van der Waals surface area (Å²) in [5, 5.41) is 6.87. The number of hydrogen-bond acceptors (Lipinski definition) is 2. The fraction of sp³-hybridized carbons (Fsp3) is 0.611. The summed E-state index contributed by atoms with van der Waals surface area (Å²) in [4.78, 5) is 4.61. The van der Waals surface area contributed by atoms with Gasteiger partial charge in [0.05, 0.1) is 19.8 Å². The predicted octanol–water partition coefficient (Wildman–Crippen LogP) is 3.71. The molecular weight excluding hydrogens is 401 g/mol. The van der Waals surface area contributed by atoms with E-state index in [1.807, 2.05) is 18.2 Å². The van der Waals surface area contributed by atoms with E-state index in [-0.39, 0.29) is 24.0 Å². The van der Waals surface area contributed by atoms with Gasteiger partial charge in [-0.25, -0.2) is 0 Å². The molecule has 1 aromatic rings. The summed E-state index contributed by atoms with van der Waals surface area (Å²) in [6.45, 7) is 4.99. The van der Waals surface area contributed by atoms with Gasteiger partial charge in [-0.3, -0.25) is 4.99 Å². The van der Waals surface area contributed by atoms with Crippen LogP contribution in [0, 0.1) is 0 Å². The zero-order chi connectivity index (χ0) is 15.5. The Kier molecular flexibility index (Phi) is 11.1. The zero-order valence-electron chi connectivity index (χ0n) is 14.1. The Labute approximate surface area is 157 Å². The van der Waals surface area contributed by atoms with E-state index in [2.05, 4.69) is 34.7 Å². The Morgan fingerprint density at radius 3 is 2.61 bits per heavy atom. The molecule has 23 heavy (non-hydrogen) atoms. The Bertz CT molecular complexity index is 433. The van der Waals surface area contributed by atoms with Crippen LogP contribution in [0.3, 0.4) is 0 Å². The maximum atomic E-state index is 5.68. The average molecular weight is 431 g/mol. The third-order valence-electron chi connectivity index (χ3n) is 3.91. The minimum Gasteiger partial charge on any atom is -0.375 e. The van der Waals surface area contributed by atoms with Crippen molar-refractivity contribution in [2.75, 3.05) is 19.7 Å². The van der Waals surface area contributed by atoms with Gasteiger partial charge in [0.2, 0.25) is 0 Å². The van der Waals surface area contributed by atoms with Crippen molar-refractivity contribution in [1.82, 2.24) is 10.6 Å². The van der Waals surface area contributed by atoms with Crippen LogP contribution >= 0.6 is 24.0 Å². The number of rotatable bonds is 7. The van der Waals surface area contributed by atoms with Crippen molar-refractivity contribution in [3.8, 4) is 0 Å². The molecule has 0 heterocycles. The molecule has 0 amide bonds. The number of hydrogen-bond donors (Lipinski definition) is 2. The van der Waals surface area contributed by atoms with Gasteiger partial charge >= 0.3 is 0 Å². The maximum Gasteiger partial charge on any atom is 0.191 e. The van der Waals surface area contributed by atoms with Crippen LogP contribution < -0.4 is 10.6 Å². The second-order valence-electron chi connectivity index (χ2n) is 5.78. The van der Waals surface area contributed by atoms with E-state index in [0.717, 1.165) is 12.5 Å². The summed E-state index contributed by atoms with van der Waals surface area (Å²) in [7, 11) is 0. The number of aliphatic imine (C=N–C) groups is 1. The topological polar surface area (TPSA) is 45.7 Å². The average Bonchev–Trinajstić information content (AvgIpc) is 2.56. The highest BCUT2D eigenvalue weighted by atomic mass is 127. The molecule has 1 aromatic carbocycles. The molecule has 0 radical (unpaired) electrons. The van der Waals surface area contributed by atoms with Gasteiger partial charge in [-0.05, 0) is 25.3 Å². The molecule has 0 spiro atoms. The minimum absolute atomic E-state index is 0. The third kappa shape index (κ3) is 8.55. The Hall–Kier alpha value is -0.820. The first-order valence-electron chi connectivity index (χ1n) is 8.55. The highest BCUT2D eigenvalue weighted by Crippen LogP contribution is 2.17. The van der Waals surface area contributed by atoms with E-state index in [4.69, 9.17) is 4.74 Å². The first-order valence-corrected chi connectivity index (χ1v) is 8.55. The van der Waals surface area contributed by atoms with Crippen molar-refractivity contribution in [3.63, 3.8) is 0 Å². The van der Waals surface area contributed by atoms with Crippen molar-refractivity contribution in [1.29, 1.82) is 0 Å². The lowest BCUT2D eigenvalue weighted by Crippen LogP contribution is -2.44. The van der Waals surface area contributed by atoms with Gasteiger partial charge in [-0.1, -0.05) is 49.6 Å². The zero-order valence-corrected chi connectivity index (χ0v) is 16.4. The predicted molar refractivity (Wildman–Crippen MR) is 108 cm³/mol. The van der Waals surface area contributed by atoms with E-state index in [1.54, 1.807) is 0 Å². The Balaban J connectivity index is 0.00000264. The third-order valence-corrected chi connectivity index (χ3v) is 3.91. The number of ether oxygens (including phenoxy) is 1. The Morgan fingerprint density at radius 2 is 1.91 bits per heavy atom. The molecule has 130 valence electrons. The number of nitrogens with zero attached hydrogens (tertiary/aromatic N) is 1. The van der Waals surface area contributed by atoms with E-state index < -0.39 is 0 Å². The molecule has 0 atom stereocenters. The van der Waals surface area contributed by atoms with Crippen molar-refractivity contribution >= 4 is 29.9 Å². The first-order chi connectivity index (χ1) is 10.9. The van der Waals surface area contributed by atoms with Crippen molar-refractivity contribution in [2.45, 2.75) is 51.7 Å². The molecule has 0 unspecified atom stereocenters. The lowest BCUT2D eigenvalue weighted by Gasteiger charge is -2.24. The number of guanidine groups is 1. The molecule has 0 aliphatic heterocycles. The first kappa shape index (κ1) is 20.2. The number of benzene rings is 1. The van der Waals surface area contributed by atoms with Crippen LogP contribution in [0.1, 0.15) is 44.6 Å². The lowest BCUT2D eigenvalue weighted by atomic mass is 9.96. The second-order valence-corrected chi connectivity index (χ2v) is 5.78. The normalized spacial score (nSPS) is 15.8. The molecule has 1 aliphatic carbocycles. The monoisotopic (exact) mass is 431 g/mol. The van der Waals surface area contributed by atoms with Gasteiger partial charge in [0.1, 0.15) is 0 Å². The number of halogens is 1. The van der Waals surface area contributed by atoms with Crippen LogP contribution in [0.5, 0.6) is 0 Å². The van der Waals surface area contributed by atoms with Crippen molar-refractivity contribution in [2.24, 2.45) is 4.99 Å². The summed E-state index contributed by atoms with van der Waals surface area (Å²) in [6.07, 6.45) is 6.55. The summed E-state index contributed by atoms with van der Waals surface area (Å²) in [5.41, 5.74) is 1.21. The summed E-state index contributed by atoms with van der Waals surface area (Å²) in [5.74, 6) is 0.928. The smallest absolute Gasteiger partial charge is 0.191 e. The standard InChI is InChI=1S/C18H29N3O.HI/c1-2-19-18(21-17-11-7-4-8-12-17)20-13-14-22-15-16-9-5-3-6-10-16;/h3,5-6,9-10,17H,2,4,7-8,11-15H2,1H3,(H2,19,20,21);1H. The summed E-state index contributed by atoms with van der Waals surface area (Å²) in [6, 6.07) is 10.8. The van der Waals surface area contributed by atoms with Crippen LogP contribution in [0.4, 0.5) is 0 Å². The quantitative estimate of drug-likeness (QED) is 0.300. The van der Waals surface area contributed by atoms with E-state index in [1.165, 1.54) is 37.7 Å². The van der Waals surface area contributed by atoms with Gasteiger partial charge < -0.3 is 15.4 Å². The van der Waals surface area contributed by atoms with Gasteiger partial charge in [0.25, 0.3) is 0 Å². The summed E-state index contributed by atoms with van der Waals surface area (Å²) >= 11 is 0. The number of nitrogens with one attached hydrogen (secondary N) is 2. The van der Waals surface area contributed by atoms with Crippen LogP contribution in [0.2, 0.25) is 0 Å². The molecule has 5 heteroatoms. The largest absolute Gasteiger partial charge is 0.375 e. The second kappa shape index (κ2) is 12.6. The van der Waals surface area contributed by atoms with Crippen LogP contribution in [-0.4, -0.2) is 31.7 Å².